The maximum Gasteiger partial charge on any atom is 0.309 e. The Hall–Kier alpha value is -0.790. The van der Waals surface area contributed by atoms with Gasteiger partial charge in [0.25, 0.3) is 0 Å². The first-order chi connectivity index (χ1) is 8.25. The third kappa shape index (κ3) is 2.02. The zero-order valence-electron chi connectivity index (χ0n) is 10.6. The molecule has 0 unspecified atom stereocenters. The molecule has 0 radical (unpaired) electrons. The molecule has 1 aliphatic heterocycles. The monoisotopic (exact) mass is 234 g/mol. The number of hydrogen-bond acceptors (Lipinski definition) is 2. The Bertz CT molecular complexity index is 334. The van der Waals surface area contributed by atoms with Crippen LogP contribution in [0.1, 0.15) is 39.0 Å². The van der Waals surface area contributed by atoms with Crippen molar-refractivity contribution >= 4 is 5.97 Å². The molecule has 0 N–H and O–H groups in total. The number of carbonyl (C=O) groups excluding carboxylic acids is 1. The lowest BCUT2D eigenvalue weighted by molar-refractivity contribution is -0.152. The van der Waals surface area contributed by atoms with Crippen LogP contribution in [0, 0.1) is 29.6 Å². The molecule has 94 valence electrons. The summed E-state index contributed by atoms with van der Waals surface area (Å²) in [6, 6.07) is 0. The predicted molar refractivity (Wildman–Crippen MR) is 66.3 cm³/mol. The van der Waals surface area contributed by atoms with Crippen molar-refractivity contribution in [3.63, 3.8) is 0 Å². The SMILES string of the molecule is C[C@@H]1CC[C@H]2C=C[C@H]3CCCOC(=O)[C@H]3[C@@H]2C1. The van der Waals surface area contributed by atoms with Crippen LogP contribution in [-0.4, -0.2) is 12.6 Å². The van der Waals surface area contributed by atoms with Crippen LogP contribution in [-0.2, 0) is 9.53 Å². The third-order valence-electron chi connectivity index (χ3n) is 4.94. The minimum absolute atomic E-state index is 0.0842. The van der Waals surface area contributed by atoms with Gasteiger partial charge in [-0.1, -0.05) is 25.5 Å². The van der Waals surface area contributed by atoms with Gasteiger partial charge in [0.05, 0.1) is 12.5 Å². The van der Waals surface area contributed by atoms with Crippen LogP contribution >= 0.6 is 0 Å². The molecule has 0 bridgehead atoms. The molecule has 3 rings (SSSR count). The molecule has 2 aliphatic carbocycles. The summed E-state index contributed by atoms with van der Waals surface area (Å²) in [7, 11) is 0. The predicted octanol–water partition coefficient (Wildman–Crippen LogP) is 3.18. The molecule has 0 aromatic carbocycles. The van der Waals surface area contributed by atoms with E-state index in [0.29, 0.717) is 24.4 Å². The lowest BCUT2D eigenvalue weighted by Crippen LogP contribution is -2.39. The molecule has 2 heteroatoms. The van der Waals surface area contributed by atoms with E-state index in [-0.39, 0.29) is 11.9 Å². The number of cyclic esters (lactones) is 1. The highest BCUT2D eigenvalue weighted by molar-refractivity contribution is 5.74. The molecule has 2 nitrogen and oxygen atoms in total. The van der Waals surface area contributed by atoms with Gasteiger partial charge in [-0.3, -0.25) is 4.79 Å². The van der Waals surface area contributed by atoms with E-state index in [1.54, 1.807) is 0 Å². The number of ether oxygens (including phenoxy) is 1. The Morgan fingerprint density at radius 3 is 2.88 bits per heavy atom. The molecule has 1 saturated heterocycles. The van der Waals surface area contributed by atoms with Crippen molar-refractivity contribution in [1.82, 2.24) is 0 Å². The van der Waals surface area contributed by atoms with Gasteiger partial charge < -0.3 is 4.74 Å². The summed E-state index contributed by atoms with van der Waals surface area (Å²) in [5.41, 5.74) is 0. The van der Waals surface area contributed by atoms with Crippen LogP contribution in [0.5, 0.6) is 0 Å². The summed E-state index contributed by atoms with van der Waals surface area (Å²) in [5.74, 6) is 2.67. The molecule has 1 saturated carbocycles. The van der Waals surface area contributed by atoms with Gasteiger partial charge in [-0.2, -0.15) is 0 Å². The fraction of sp³-hybridized carbons (Fsp3) is 0.800. The van der Waals surface area contributed by atoms with Crippen LogP contribution in [0.4, 0.5) is 0 Å². The highest BCUT2D eigenvalue weighted by atomic mass is 16.5. The Morgan fingerprint density at radius 2 is 2.00 bits per heavy atom. The standard InChI is InChI=1S/C15H22O2/c1-10-4-5-11-6-7-12-3-2-8-17-15(16)14(12)13(11)9-10/h6-7,10-14H,2-5,8-9H2,1H3/t10-,11+,12-,13-,14-/m1/s1. The van der Waals surface area contributed by atoms with Crippen molar-refractivity contribution in [2.24, 2.45) is 29.6 Å². The summed E-state index contributed by atoms with van der Waals surface area (Å²) in [5, 5.41) is 0. The average Bonchev–Trinajstić information content (AvgIpc) is 2.51. The fourth-order valence-electron chi connectivity index (χ4n) is 4.04. The molecular weight excluding hydrogens is 212 g/mol. The zero-order chi connectivity index (χ0) is 11.8. The maximum atomic E-state index is 12.2. The molecular formula is C15H22O2. The summed E-state index contributed by atoms with van der Waals surface area (Å²) in [4.78, 5) is 12.2. The van der Waals surface area contributed by atoms with Crippen molar-refractivity contribution in [1.29, 1.82) is 0 Å². The van der Waals surface area contributed by atoms with Crippen molar-refractivity contribution in [3.05, 3.63) is 12.2 Å². The Balaban J connectivity index is 1.88. The van der Waals surface area contributed by atoms with Crippen LogP contribution in [0.3, 0.4) is 0 Å². The van der Waals surface area contributed by atoms with Gasteiger partial charge in [0.1, 0.15) is 0 Å². The number of esters is 1. The van der Waals surface area contributed by atoms with Gasteiger partial charge in [-0.25, -0.2) is 0 Å². The van der Waals surface area contributed by atoms with E-state index in [1.165, 1.54) is 19.3 Å². The molecule has 0 aromatic rings. The van der Waals surface area contributed by atoms with E-state index < -0.39 is 0 Å². The first kappa shape index (κ1) is 11.3. The largest absolute Gasteiger partial charge is 0.465 e. The normalized spacial score (nSPS) is 45.5. The third-order valence-corrected chi connectivity index (χ3v) is 4.94. The molecule has 3 aliphatic rings. The average molecular weight is 234 g/mol. The molecule has 1 heterocycles. The smallest absolute Gasteiger partial charge is 0.309 e. The number of carbonyl (C=O) groups is 1. The molecule has 0 aromatic heterocycles. The van der Waals surface area contributed by atoms with Crippen molar-refractivity contribution < 1.29 is 9.53 Å². The summed E-state index contributed by atoms with van der Waals surface area (Å²) < 4.78 is 5.38. The second-order valence-electron chi connectivity index (χ2n) is 6.13. The van der Waals surface area contributed by atoms with Crippen molar-refractivity contribution in [3.8, 4) is 0 Å². The summed E-state index contributed by atoms with van der Waals surface area (Å²) in [6.07, 6.45) is 10.7. The summed E-state index contributed by atoms with van der Waals surface area (Å²) in [6.45, 7) is 2.96. The second-order valence-corrected chi connectivity index (χ2v) is 6.13. The lowest BCUT2D eigenvalue weighted by Gasteiger charge is -2.42. The Labute approximate surface area is 103 Å². The van der Waals surface area contributed by atoms with E-state index in [2.05, 4.69) is 19.1 Å². The first-order valence-corrected chi connectivity index (χ1v) is 7.10. The lowest BCUT2D eigenvalue weighted by atomic mass is 9.62. The van der Waals surface area contributed by atoms with Gasteiger partial charge in [-0.15, -0.1) is 0 Å². The number of allylic oxidation sites excluding steroid dienone is 2. The van der Waals surface area contributed by atoms with E-state index >= 15 is 0 Å². The highest BCUT2D eigenvalue weighted by Crippen LogP contribution is 2.46. The van der Waals surface area contributed by atoms with E-state index in [9.17, 15) is 4.79 Å². The minimum Gasteiger partial charge on any atom is -0.465 e. The molecule has 0 amide bonds. The van der Waals surface area contributed by atoms with Gasteiger partial charge in [0.2, 0.25) is 0 Å². The number of rotatable bonds is 0. The van der Waals surface area contributed by atoms with Gasteiger partial charge in [-0.05, 0) is 49.4 Å². The highest BCUT2D eigenvalue weighted by Gasteiger charge is 2.44. The van der Waals surface area contributed by atoms with E-state index in [0.717, 1.165) is 18.8 Å². The van der Waals surface area contributed by atoms with Gasteiger partial charge in [0, 0.05) is 0 Å². The van der Waals surface area contributed by atoms with Crippen LogP contribution in [0.25, 0.3) is 0 Å². The van der Waals surface area contributed by atoms with Crippen LogP contribution in [0.2, 0.25) is 0 Å². The summed E-state index contributed by atoms with van der Waals surface area (Å²) >= 11 is 0. The maximum absolute atomic E-state index is 12.2. The zero-order valence-corrected chi connectivity index (χ0v) is 10.6. The quantitative estimate of drug-likeness (QED) is 0.475. The second kappa shape index (κ2) is 4.47. The van der Waals surface area contributed by atoms with Crippen LogP contribution in [0.15, 0.2) is 12.2 Å². The topological polar surface area (TPSA) is 26.3 Å². The number of hydrogen-bond donors (Lipinski definition) is 0. The fourth-order valence-corrected chi connectivity index (χ4v) is 4.04. The van der Waals surface area contributed by atoms with Crippen LogP contribution < -0.4 is 0 Å². The van der Waals surface area contributed by atoms with E-state index in [1.807, 2.05) is 0 Å². The van der Waals surface area contributed by atoms with Crippen molar-refractivity contribution in [2.75, 3.05) is 6.61 Å². The molecule has 0 spiro atoms. The first-order valence-electron chi connectivity index (χ1n) is 7.10. The van der Waals surface area contributed by atoms with Crippen molar-refractivity contribution in [2.45, 2.75) is 39.0 Å². The minimum atomic E-state index is 0.0842. The number of fused-ring (bicyclic) bond motifs is 3. The molecule has 17 heavy (non-hydrogen) atoms. The van der Waals surface area contributed by atoms with E-state index in [4.69, 9.17) is 4.74 Å². The van der Waals surface area contributed by atoms with Gasteiger partial charge in [0.15, 0.2) is 0 Å². The van der Waals surface area contributed by atoms with Gasteiger partial charge >= 0.3 is 5.97 Å². The Morgan fingerprint density at radius 1 is 1.18 bits per heavy atom. The Kier molecular flexibility index (Phi) is 2.97. The molecule has 2 fully saturated rings. The molecule has 5 atom stereocenters.